The van der Waals surface area contributed by atoms with E-state index < -0.39 is 6.10 Å². The Morgan fingerprint density at radius 2 is 2.44 bits per heavy atom. The first-order valence-corrected chi connectivity index (χ1v) is 6.42. The lowest BCUT2D eigenvalue weighted by Crippen LogP contribution is -2.51. The number of aliphatic hydroxyl groups excluding tert-OH is 1. The summed E-state index contributed by atoms with van der Waals surface area (Å²) in [6.07, 6.45) is 2.96. The Morgan fingerprint density at radius 1 is 1.56 bits per heavy atom. The van der Waals surface area contributed by atoms with Gasteiger partial charge in [0.25, 0.3) is 0 Å². The minimum Gasteiger partial charge on any atom is -0.388 e. The van der Waals surface area contributed by atoms with E-state index in [2.05, 4.69) is 11.8 Å². The van der Waals surface area contributed by atoms with Crippen molar-refractivity contribution in [1.82, 2.24) is 4.90 Å². The summed E-state index contributed by atoms with van der Waals surface area (Å²) < 4.78 is 11.1. The van der Waals surface area contributed by atoms with Gasteiger partial charge in [-0.05, 0) is 25.8 Å². The molecule has 3 atom stereocenters. The molecule has 4 heteroatoms. The van der Waals surface area contributed by atoms with Crippen molar-refractivity contribution in [2.45, 2.75) is 44.4 Å². The second-order valence-corrected chi connectivity index (χ2v) is 4.81. The van der Waals surface area contributed by atoms with Gasteiger partial charge >= 0.3 is 0 Å². The van der Waals surface area contributed by atoms with Crippen LogP contribution in [0.3, 0.4) is 0 Å². The summed E-state index contributed by atoms with van der Waals surface area (Å²) in [6, 6.07) is 0.597. The molecule has 2 aliphatic heterocycles. The van der Waals surface area contributed by atoms with Crippen molar-refractivity contribution in [1.29, 1.82) is 0 Å². The standard InChI is InChI=1S/C12H23NO3/c1-2-6-15-9-11(14)12-7-13-5-3-4-10(13)8-16-12/h10-12,14H,2-9H2,1H3. The monoisotopic (exact) mass is 229 g/mol. The van der Waals surface area contributed by atoms with Gasteiger partial charge in [0.1, 0.15) is 6.10 Å². The van der Waals surface area contributed by atoms with Crippen LogP contribution in [0.4, 0.5) is 0 Å². The molecule has 2 heterocycles. The van der Waals surface area contributed by atoms with Crippen LogP contribution in [0.2, 0.25) is 0 Å². The summed E-state index contributed by atoms with van der Waals surface area (Å²) in [5, 5.41) is 9.94. The molecule has 0 amide bonds. The lowest BCUT2D eigenvalue weighted by molar-refractivity contribution is -0.120. The van der Waals surface area contributed by atoms with Crippen molar-refractivity contribution in [2.75, 3.05) is 32.9 Å². The van der Waals surface area contributed by atoms with E-state index in [0.717, 1.165) is 32.7 Å². The zero-order valence-corrected chi connectivity index (χ0v) is 10.1. The van der Waals surface area contributed by atoms with Gasteiger partial charge in [0.15, 0.2) is 0 Å². The first-order valence-electron chi connectivity index (χ1n) is 6.42. The molecule has 0 aliphatic carbocycles. The molecule has 0 aromatic carbocycles. The highest BCUT2D eigenvalue weighted by atomic mass is 16.5. The number of morpholine rings is 1. The predicted molar refractivity (Wildman–Crippen MR) is 61.5 cm³/mol. The molecule has 2 fully saturated rings. The lowest BCUT2D eigenvalue weighted by atomic mass is 10.1. The largest absolute Gasteiger partial charge is 0.388 e. The first kappa shape index (κ1) is 12.3. The van der Waals surface area contributed by atoms with Gasteiger partial charge in [-0.1, -0.05) is 6.92 Å². The summed E-state index contributed by atoms with van der Waals surface area (Å²) in [6.45, 7) is 5.98. The molecule has 3 unspecified atom stereocenters. The summed E-state index contributed by atoms with van der Waals surface area (Å²) in [4.78, 5) is 2.44. The van der Waals surface area contributed by atoms with Crippen LogP contribution in [0.15, 0.2) is 0 Å². The first-order chi connectivity index (χ1) is 7.81. The quantitative estimate of drug-likeness (QED) is 0.702. The zero-order chi connectivity index (χ0) is 11.4. The minimum atomic E-state index is -0.479. The fourth-order valence-electron chi connectivity index (χ4n) is 2.53. The molecular weight excluding hydrogens is 206 g/mol. The highest BCUT2D eigenvalue weighted by molar-refractivity contribution is 4.87. The summed E-state index contributed by atoms with van der Waals surface area (Å²) in [5.74, 6) is 0. The van der Waals surface area contributed by atoms with Gasteiger partial charge in [-0.2, -0.15) is 0 Å². The molecule has 2 rings (SSSR count). The Labute approximate surface area is 97.5 Å². The SMILES string of the molecule is CCCOCC(O)C1CN2CCCC2CO1. The predicted octanol–water partition coefficient (Wildman–Crippen LogP) is 0.637. The molecule has 0 radical (unpaired) electrons. The minimum absolute atomic E-state index is 0.0637. The van der Waals surface area contributed by atoms with E-state index in [0.29, 0.717) is 12.6 Å². The van der Waals surface area contributed by atoms with E-state index in [9.17, 15) is 5.11 Å². The van der Waals surface area contributed by atoms with Crippen molar-refractivity contribution < 1.29 is 14.6 Å². The maximum Gasteiger partial charge on any atom is 0.105 e. The van der Waals surface area contributed by atoms with Crippen molar-refractivity contribution in [3.8, 4) is 0 Å². The number of hydrogen-bond acceptors (Lipinski definition) is 4. The van der Waals surface area contributed by atoms with Crippen molar-refractivity contribution >= 4 is 0 Å². The van der Waals surface area contributed by atoms with E-state index in [-0.39, 0.29) is 6.10 Å². The van der Waals surface area contributed by atoms with E-state index in [1.807, 2.05) is 0 Å². The number of ether oxygens (including phenoxy) is 2. The lowest BCUT2D eigenvalue weighted by Gasteiger charge is -2.37. The molecule has 2 aliphatic rings. The van der Waals surface area contributed by atoms with E-state index in [1.54, 1.807) is 0 Å². The number of nitrogens with zero attached hydrogens (tertiary/aromatic N) is 1. The molecule has 16 heavy (non-hydrogen) atoms. The van der Waals surface area contributed by atoms with Crippen LogP contribution in [0, 0.1) is 0 Å². The molecule has 0 aromatic heterocycles. The molecule has 2 saturated heterocycles. The molecule has 4 nitrogen and oxygen atoms in total. The highest BCUT2D eigenvalue weighted by Gasteiger charge is 2.35. The third-order valence-electron chi connectivity index (χ3n) is 3.48. The molecule has 0 saturated carbocycles. The second-order valence-electron chi connectivity index (χ2n) is 4.81. The van der Waals surface area contributed by atoms with Crippen molar-refractivity contribution in [2.24, 2.45) is 0 Å². The van der Waals surface area contributed by atoms with E-state index in [1.165, 1.54) is 12.8 Å². The van der Waals surface area contributed by atoms with Gasteiger partial charge in [0.2, 0.25) is 0 Å². The summed E-state index contributed by atoms with van der Waals surface area (Å²) in [5.41, 5.74) is 0. The Kier molecular flexibility index (Phi) is 4.58. The van der Waals surface area contributed by atoms with Gasteiger partial charge in [-0.25, -0.2) is 0 Å². The third-order valence-corrected chi connectivity index (χ3v) is 3.48. The fourth-order valence-corrected chi connectivity index (χ4v) is 2.53. The van der Waals surface area contributed by atoms with E-state index in [4.69, 9.17) is 9.47 Å². The van der Waals surface area contributed by atoms with Crippen LogP contribution >= 0.6 is 0 Å². The summed E-state index contributed by atoms with van der Waals surface area (Å²) >= 11 is 0. The van der Waals surface area contributed by atoms with Crippen LogP contribution in [-0.4, -0.2) is 61.2 Å². The average Bonchev–Trinajstić information content (AvgIpc) is 2.76. The van der Waals surface area contributed by atoms with Gasteiger partial charge in [0, 0.05) is 19.2 Å². The van der Waals surface area contributed by atoms with Crippen LogP contribution < -0.4 is 0 Å². The maximum atomic E-state index is 9.94. The number of rotatable bonds is 5. The van der Waals surface area contributed by atoms with Crippen molar-refractivity contribution in [3.05, 3.63) is 0 Å². The molecule has 0 bridgehead atoms. The molecule has 1 N–H and O–H groups in total. The number of aliphatic hydroxyl groups is 1. The Morgan fingerprint density at radius 3 is 3.25 bits per heavy atom. The average molecular weight is 229 g/mol. The molecule has 94 valence electrons. The third kappa shape index (κ3) is 2.94. The Bertz CT molecular complexity index is 212. The smallest absolute Gasteiger partial charge is 0.105 e. The number of hydrogen-bond donors (Lipinski definition) is 1. The van der Waals surface area contributed by atoms with Gasteiger partial charge in [-0.3, -0.25) is 4.90 Å². The second kappa shape index (κ2) is 5.96. The fraction of sp³-hybridized carbons (Fsp3) is 1.00. The normalized spacial score (nSPS) is 32.6. The molecule has 0 spiro atoms. The van der Waals surface area contributed by atoms with Gasteiger partial charge in [0.05, 0.1) is 19.3 Å². The highest BCUT2D eigenvalue weighted by Crippen LogP contribution is 2.23. The Balaban J connectivity index is 1.72. The van der Waals surface area contributed by atoms with Crippen molar-refractivity contribution in [3.63, 3.8) is 0 Å². The van der Waals surface area contributed by atoms with Crippen LogP contribution in [0.1, 0.15) is 26.2 Å². The van der Waals surface area contributed by atoms with Gasteiger partial charge in [-0.15, -0.1) is 0 Å². The number of fused-ring (bicyclic) bond motifs is 1. The molecular formula is C12H23NO3. The maximum absolute atomic E-state index is 9.94. The van der Waals surface area contributed by atoms with Crippen LogP contribution in [0.5, 0.6) is 0 Å². The van der Waals surface area contributed by atoms with Gasteiger partial charge < -0.3 is 14.6 Å². The molecule has 0 aromatic rings. The van der Waals surface area contributed by atoms with Crippen LogP contribution in [0.25, 0.3) is 0 Å². The van der Waals surface area contributed by atoms with Crippen LogP contribution in [-0.2, 0) is 9.47 Å². The topological polar surface area (TPSA) is 41.9 Å². The zero-order valence-electron chi connectivity index (χ0n) is 10.1. The van der Waals surface area contributed by atoms with E-state index >= 15 is 0 Å². The summed E-state index contributed by atoms with van der Waals surface area (Å²) in [7, 11) is 0. The Hall–Kier alpha value is -0.160.